The van der Waals surface area contributed by atoms with E-state index < -0.39 is 10.0 Å². The number of nitrogens with one attached hydrogen (secondary N) is 1. The number of halogens is 2. The SMILES string of the molecule is Nc1cccc(Cl)c1S(=O)(=O)Nc1ccc(Br)cn1. The fraction of sp³-hybridized carbons (Fsp3) is 0. The second kappa shape index (κ2) is 5.36. The number of sulfonamides is 1. The van der Waals surface area contributed by atoms with Crippen LogP contribution in [0.1, 0.15) is 0 Å². The predicted octanol–water partition coefficient (Wildman–Crippen LogP) is 2.88. The van der Waals surface area contributed by atoms with Crippen LogP contribution >= 0.6 is 27.5 Å². The third kappa shape index (κ3) is 3.17. The largest absolute Gasteiger partial charge is 0.398 e. The van der Waals surface area contributed by atoms with Gasteiger partial charge in [0.1, 0.15) is 10.7 Å². The highest BCUT2D eigenvalue weighted by Crippen LogP contribution is 2.28. The van der Waals surface area contributed by atoms with Crippen molar-refractivity contribution >= 4 is 49.1 Å². The Morgan fingerprint density at radius 1 is 1.26 bits per heavy atom. The topological polar surface area (TPSA) is 85.1 Å². The highest BCUT2D eigenvalue weighted by Gasteiger charge is 2.21. The number of anilines is 2. The molecule has 100 valence electrons. The van der Waals surface area contributed by atoms with Crippen LogP contribution in [0.15, 0.2) is 45.9 Å². The van der Waals surface area contributed by atoms with Crippen LogP contribution in [-0.4, -0.2) is 13.4 Å². The molecule has 0 radical (unpaired) electrons. The summed E-state index contributed by atoms with van der Waals surface area (Å²) in [5.41, 5.74) is 5.73. The lowest BCUT2D eigenvalue weighted by atomic mass is 10.3. The highest BCUT2D eigenvalue weighted by atomic mass is 79.9. The first kappa shape index (κ1) is 14.1. The van der Waals surface area contributed by atoms with Gasteiger partial charge in [0.2, 0.25) is 0 Å². The Morgan fingerprint density at radius 3 is 2.58 bits per heavy atom. The summed E-state index contributed by atoms with van der Waals surface area (Å²) in [6, 6.07) is 7.70. The molecule has 2 rings (SSSR count). The third-order valence-electron chi connectivity index (χ3n) is 2.23. The molecule has 5 nitrogen and oxygen atoms in total. The first-order valence-corrected chi connectivity index (χ1v) is 7.74. The van der Waals surface area contributed by atoms with Gasteiger partial charge in [0.15, 0.2) is 0 Å². The van der Waals surface area contributed by atoms with Crippen LogP contribution < -0.4 is 10.5 Å². The number of aromatic nitrogens is 1. The van der Waals surface area contributed by atoms with Crippen LogP contribution in [0.4, 0.5) is 11.5 Å². The van der Waals surface area contributed by atoms with Crippen LogP contribution in [-0.2, 0) is 10.0 Å². The smallest absolute Gasteiger partial charge is 0.266 e. The van der Waals surface area contributed by atoms with Gasteiger partial charge in [-0.1, -0.05) is 17.7 Å². The van der Waals surface area contributed by atoms with Gasteiger partial charge in [-0.3, -0.25) is 4.72 Å². The number of nitrogens with two attached hydrogens (primary N) is 1. The summed E-state index contributed by atoms with van der Waals surface area (Å²) in [4.78, 5) is 3.78. The van der Waals surface area contributed by atoms with E-state index in [2.05, 4.69) is 25.6 Å². The zero-order valence-corrected chi connectivity index (χ0v) is 12.6. The maximum absolute atomic E-state index is 12.2. The molecule has 1 heterocycles. The zero-order chi connectivity index (χ0) is 14.0. The summed E-state index contributed by atoms with van der Waals surface area (Å²) in [7, 11) is -3.87. The number of benzene rings is 1. The summed E-state index contributed by atoms with van der Waals surface area (Å²) in [6.07, 6.45) is 1.48. The van der Waals surface area contributed by atoms with Crippen molar-refractivity contribution in [2.75, 3.05) is 10.5 Å². The minimum Gasteiger partial charge on any atom is -0.398 e. The Labute approximate surface area is 124 Å². The van der Waals surface area contributed by atoms with E-state index in [0.717, 1.165) is 4.47 Å². The summed E-state index contributed by atoms with van der Waals surface area (Å²) in [6.45, 7) is 0. The summed E-state index contributed by atoms with van der Waals surface area (Å²) in [5.74, 6) is 0.183. The molecule has 1 aromatic carbocycles. The molecule has 0 amide bonds. The standard InChI is InChI=1S/C11H9BrClN3O2S/c12-7-4-5-10(15-6-7)16-19(17,18)11-8(13)2-1-3-9(11)14/h1-6H,14H2,(H,15,16). The number of hydrogen-bond acceptors (Lipinski definition) is 4. The van der Waals surface area contributed by atoms with Crippen molar-refractivity contribution in [3.05, 3.63) is 46.0 Å². The third-order valence-corrected chi connectivity index (χ3v) is 4.60. The molecule has 0 aliphatic rings. The molecule has 8 heteroatoms. The van der Waals surface area contributed by atoms with Crippen molar-refractivity contribution < 1.29 is 8.42 Å². The molecule has 2 aromatic rings. The molecule has 0 unspecified atom stereocenters. The molecular weight excluding hydrogens is 354 g/mol. The van der Waals surface area contributed by atoms with E-state index >= 15 is 0 Å². The number of nitrogen functional groups attached to an aromatic ring is 1. The van der Waals surface area contributed by atoms with Crippen molar-refractivity contribution in [3.63, 3.8) is 0 Å². The van der Waals surface area contributed by atoms with Crippen LogP contribution in [0.5, 0.6) is 0 Å². The quantitative estimate of drug-likeness (QED) is 0.822. The second-order valence-corrected chi connectivity index (χ2v) is 6.57. The lowest BCUT2D eigenvalue weighted by molar-refractivity contribution is 0.601. The van der Waals surface area contributed by atoms with Gasteiger partial charge in [0.05, 0.1) is 10.7 Å². The molecule has 3 N–H and O–H groups in total. The van der Waals surface area contributed by atoms with Gasteiger partial charge in [-0.05, 0) is 40.2 Å². The predicted molar refractivity (Wildman–Crippen MR) is 78.6 cm³/mol. The van der Waals surface area contributed by atoms with E-state index in [1.807, 2.05) is 0 Å². The minimum absolute atomic E-state index is 0.0598. The van der Waals surface area contributed by atoms with E-state index in [9.17, 15) is 8.42 Å². The Kier molecular flexibility index (Phi) is 3.98. The first-order valence-electron chi connectivity index (χ1n) is 5.08. The van der Waals surface area contributed by atoms with E-state index in [-0.39, 0.29) is 21.4 Å². The fourth-order valence-electron chi connectivity index (χ4n) is 1.43. The van der Waals surface area contributed by atoms with Crippen molar-refractivity contribution in [2.45, 2.75) is 4.90 Å². The van der Waals surface area contributed by atoms with Crippen LogP contribution in [0.2, 0.25) is 5.02 Å². The average molecular weight is 363 g/mol. The summed E-state index contributed by atoms with van der Waals surface area (Å²) < 4.78 is 27.5. The number of hydrogen-bond donors (Lipinski definition) is 2. The maximum Gasteiger partial charge on any atom is 0.266 e. The van der Waals surface area contributed by atoms with Crippen molar-refractivity contribution in [3.8, 4) is 0 Å². The van der Waals surface area contributed by atoms with E-state index in [1.165, 1.54) is 24.4 Å². The summed E-state index contributed by atoms with van der Waals surface area (Å²) >= 11 is 9.09. The Bertz CT molecular complexity index is 684. The highest BCUT2D eigenvalue weighted by molar-refractivity contribution is 9.10. The van der Waals surface area contributed by atoms with Gasteiger partial charge >= 0.3 is 0 Å². The summed E-state index contributed by atoms with van der Waals surface area (Å²) in [5, 5.41) is 0.0598. The van der Waals surface area contributed by atoms with Gasteiger partial charge in [0, 0.05) is 10.7 Å². The van der Waals surface area contributed by atoms with Crippen LogP contribution in [0.3, 0.4) is 0 Å². The molecule has 0 saturated heterocycles. The van der Waals surface area contributed by atoms with Crippen molar-refractivity contribution in [1.29, 1.82) is 0 Å². The number of pyridine rings is 1. The molecule has 0 spiro atoms. The lowest BCUT2D eigenvalue weighted by Gasteiger charge is -2.10. The molecular formula is C11H9BrClN3O2S. The molecule has 0 bridgehead atoms. The molecule has 0 aliphatic heterocycles. The molecule has 0 aliphatic carbocycles. The van der Waals surface area contributed by atoms with Crippen LogP contribution in [0.25, 0.3) is 0 Å². The van der Waals surface area contributed by atoms with Gasteiger partial charge in [-0.25, -0.2) is 13.4 Å². The monoisotopic (exact) mass is 361 g/mol. The zero-order valence-electron chi connectivity index (χ0n) is 9.47. The van der Waals surface area contributed by atoms with Gasteiger partial charge < -0.3 is 5.73 Å². The first-order chi connectivity index (χ1) is 8.90. The Morgan fingerprint density at radius 2 is 2.00 bits per heavy atom. The molecule has 19 heavy (non-hydrogen) atoms. The van der Waals surface area contributed by atoms with E-state index in [4.69, 9.17) is 17.3 Å². The molecule has 0 fully saturated rings. The lowest BCUT2D eigenvalue weighted by Crippen LogP contribution is -2.16. The van der Waals surface area contributed by atoms with Crippen molar-refractivity contribution in [2.24, 2.45) is 0 Å². The fourth-order valence-corrected chi connectivity index (χ4v) is 3.36. The number of rotatable bonds is 3. The number of nitrogens with zero attached hydrogens (tertiary/aromatic N) is 1. The van der Waals surface area contributed by atoms with Crippen LogP contribution in [0, 0.1) is 0 Å². The Hall–Kier alpha value is -1.31. The van der Waals surface area contributed by atoms with Gasteiger partial charge in [-0.15, -0.1) is 0 Å². The maximum atomic E-state index is 12.2. The molecule has 0 atom stereocenters. The van der Waals surface area contributed by atoms with E-state index in [0.29, 0.717) is 0 Å². The molecule has 0 saturated carbocycles. The van der Waals surface area contributed by atoms with Gasteiger partial charge in [-0.2, -0.15) is 0 Å². The Balaban J connectivity index is 2.41. The van der Waals surface area contributed by atoms with E-state index in [1.54, 1.807) is 12.1 Å². The minimum atomic E-state index is -3.87. The normalized spacial score (nSPS) is 11.3. The molecule has 1 aromatic heterocycles. The van der Waals surface area contributed by atoms with Gasteiger partial charge in [0.25, 0.3) is 10.0 Å². The second-order valence-electron chi connectivity index (χ2n) is 3.63. The van der Waals surface area contributed by atoms with Crippen molar-refractivity contribution in [1.82, 2.24) is 4.98 Å². The average Bonchev–Trinajstić information content (AvgIpc) is 2.31.